The van der Waals surface area contributed by atoms with Crippen LogP contribution >= 0.6 is 0 Å². The Hall–Kier alpha value is -1.75. The average Bonchev–Trinajstić information content (AvgIpc) is 2.42. The molecule has 0 spiro atoms. The van der Waals surface area contributed by atoms with Gasteiger partial charge in [0.25, 0.3) is 0 Å². The highest BCUT2D eigenvalue weighted by molar-refractivity contribution is 5.97. The van der Waals surface area contributed by atoms with Gasteiger partial charge >= 0.3 is 5.97 Å². The maximum absolute atomic E-state index is 11.7. The van der Waals surface area contributed by atoms with Crippen molar-refractivity contribution in [3.8, 4) is 0 Å². The molecule has 0 radical (unpaired) electrons. The van der Waals surface area contributed by atoms with Crippen LogP contribution in [0.15, 0.2) is 12.1 Å². The molecule has 0 heterocycles. The van der Waals surface area contributed by atoms with E-state index in [0.717, 1.165) is 24.1 Å². The van der Waals surface area contributed by atoms with Gasteiger partial charge in [0.1, 0.15) is 0 Å². The van der Waals surface area contributed by atoms with E-state index in [2.05, 4.69) is 12.2 Å². The topological polar surface area (TPSA) is 73.6 Å². The van der Waals surface area contributed by atoms with Gasteiger partial charge in [-0.15, -0.1) is 0 Å². The second-order valence-corrected chi connectivity index (χ2v) is 4.83. The third-order valence-electron chi connectivity index (χ3n) is 3.17. The summed E-state index contributed by atoms with van der Waals surface area (Å²) in [7, 11) is 3.03. The van der Waals surface area contributed by atoms with E-state index in [1.807, 2.05) is 13.0 Å². The predicted molar refractivity (Wildman–Crippen MR) is 81.1 cm³/mol. The van der Waals surface area contributed by atoms with E-state index in [0.29, 0.717) is 17.9 Å². The molecule has 0 fully saturated rings. The van der Waals surface area contributed by atoms with Crippen molar-refractivity contribution in [2.75, 3.05) is 31.9 Å². The number of hydrogen-bond donors (Lipinski definition) is 2. The third kappa shape index (κ3) is 4.13. The van der Waals surface area contributed by atoms with Crippen LogP contribution in [-0.4, -0.2) is 32.8 Å². The standard InChI is InChI=1S/C15H24N2O3/c1-5-6-11(9-19-3)17-12-7-10(2)14(16)13(8-12)15(18)20-4/h7-8,11,17H,5-6,9,16H2,1-4H3. The molecule has 0 aliphatic rings. The van der Waals surface area contributed by atoms with E-state index in [1.165, 1.54) is 7.11 Å². The van der Waals surface area contributed by atoms with Gasteiger partial charge in [0, 0.05) is 24.5 Å². The van der Waals surface area contributed by atoms with E-state index in [9.17, 15) is 4.79 Å². The summed E-state index contributed by atoms with van der Waals surface area (Å²) in [5.41, 5.74) is 8.48. The van der Waals surface area contributed by atoms with Gasteiger partial charge in [0.15, 0.2) is 0 Å². The minimum absolute atomic E-state index is 0.207. The maximum Gasteiger partial charge on any atom is 0.340 e. The van der Waals surface area contributed by atoms with Gasteiger partial charge in [-0.1, -0.05) is 13.3 Å². The van der Waals surface area contributed by atoms with Crippen molar-refractivity contribution in [2.45, 2.75) is 32.7 Å². The van der Waals surface area contributed by atoms with Gasteiger partial charge in [-0.3, -0.25) is 0 Å². The fourth-order valence-electron chi connectivity index (χ4n) is 2.14. The zero-order valence-corrected chi connectivity index (χ0v) is 12.7. The van der Waals surface area contributed by atoms with Crippen LogP contribution in [0.5, 0.6) is 0 Å². The van der Waals surface area contributed by atoms with Crippen molar-refractivity contribution in [3.63, 3.8) is 0 Å². The number of nitrogen functional groups attached to an aromatic ring is 1. The largest absolute Gasteiger partial charge is 0.465 e. The molecule has 1 atom stereocenters. The highest BCUT2D eigenvalue weighted by Crippen LogP contribution is 2.24. The molecule has 1 unspecified atom stereocenters. The normalized spacial score (nSPS) is 12.0. The number of methoxy groups -OCH3 is 2. The highest BCUT2D eigenvalue weighted by atomic mass is 16.5. The molecule has 0 aromatic heterocycles. The Morgan fingerprint density at radius 1 is 1.40 bits per heavy atom. The minimum atomic E-state index is -0.423. The van der Waals surface area contributed by atoms with Crippen molar-refractivity contribution in [2.24, 2.45) is 0 Å². The zero-order chi connectivity index (χ0) is 15.1. The second-order valence-electron chi connectivity index (χ2n) is 4.83. The van der Waals surface area contributed by atoms with E-state index in [1.54, 1.807) is 13.2 Å². The molecule has 0 saturated carbocycles. The summed E-state index contributed by atoms with van der Waals surface area (Å²) in [5.74, 6) is -0.423. The van der Waals surface area contributed by atoms with Crippen LogP contribution in [0.3, 0.4) is 0 Å². The molecule has 0 amide bonds. The fourth-order valence-corrected chi connectivity index (χ4v) is 2.14. The summed E-state index contributed by atoms with van der Waals surface area (Å²) in [6, 6.07) is 3.87. The lowest BCUT2D eigenvalue weighted by Crippen LogP contribution is -2.25. The Kier molecular flexibility index (Phi) is 6.31. The number of carbonyl (C=O) groups excluding carboxylic acids is 1. The van der Waals surface area contributed by atoms with Crippen LogP contribution in [0, 0.1) is 6.92 Å². The molecule has 0 bridgehead atoms. The van der Waals surface area contributed by atoms with E-state index >= 15 is 0 Å². The number of ether oxygens (including phenoxy) is 2. The molecule has 112 valence electrons. The van der Waals surface area contributed by atoms with Gasteiger partial charge in [-0.05, 0) is 31.0 Å². The molecule has 0 saturated heterocycles. The number of esters is 1. The number of anilines is 2. The number of nitrogens with two attached hydrogens (primary N) is 1. The minimum Gasteiger partial charge on any atom is -0.465 e. The Labute approximate surface area is 120 Å². The molecule has 1 aromatic rings. The molecule has 1 rings (SSSR count). The lowest BCUT2D eigenvalue weighted by atomic mass is 10.1. The molecule has 0 aliphatic carbocycles. The monoisotopic (exact) mass is 280 g/mol. The first kappa shape index (κ1) is 16.3. The van der Waals surface area contributed by atoms with E-state index in [4.69, 9.17) is 15.2 Å². The number of aryl methyl sites for hydroxylation is 1. The number of hydrogen-bond acceptors (Lipinski definition) is 5. The number of nitrogens with one attached hydrogen (secondary N) is 1. The summed E-state index contributed by atoms with van der Waals surface area (Å²) >= 11 is 0. The molecule has 20 heavy (non-hydrogen) atoms. The number of rotatable bonds is 7. The smallest absolute Gasteiger partial charge is 0.340 e. The molecule has 3 N–H and O–H groups in total. The summed E-state index contributed by atoms with van der Waals surface area (Å²) < 4.78 is 9.96. The van der Waals surface area contributed by atoms with Crippen LogP contribution in [0.25, 0.3) is 0 Å². The Morgan fingerprint density at radius 3 is 2.65 bits per heavy atom. The second kappa shape index (κ2) is 7.75. The SMILES string of the molecule is CCCC(COC)Nc1cc(C)c(N)c(C(=O)OC)c1. The van der Waals surface area contributed by atoms with Crippen molar-refractivity contribution in [3.05, 3.63) is 23.3 Å². The highest BCUT2D eigenvalue weighted by Gasteiger charge is 2.15. The maximum atomic E-state index is 11.7. The number of benzene rings is 1. The molecular formula is C15H24N2O3. The first-order valence-electron chi connectivity index (χ1n) is 6.77. The molecule has 1 aromatic carbocycles. The van der Waals surface area contributed by atoms with Gasteiger partial charge in [-0.2, -0.15) is 0 Å². The predicted octanol–water partition coefficient (Wildman–Crippen LogP) is 2.59. The first-order valence-corrected chi connectivity index (χ1v) is 6.77. The van der Waals surface area contributed by atoms with Crippen LogP contribution in [-0.2, 0) is 9.47 Å². The van der Waals surface area contributed by atoms with Gasteiger partial charge in [-0.25, -0.2) is 4.79 Å². The van der Waals surface area contributed by atoms with Crippen molar-refractivity contribution < 1.29 is 14.3 Å². The first-order chi connectivity index (χ1) is 9.53. The van der Waals surface area contributed by atoms with Gasteiger partial charge in [0.2, 0.25) is 0 Å². The Bertz CT molecular complexity index is 455. The summed E-state index contributed by atoms with van der Waals surface area (Å²) in [4.78, 5) is 11.7. The number of carbonyl (C=O) groups is 1. The van der Waals surface area contributed by atoms with Crippen LogP contribution < -0.4 is 11.1 Å². The zero-order valence-electron chi connectivity index (χ0n) is 12.7. The van der Waals surface area contributed by atoms with Crippen molar-refractivity contribution in [1.82, 2.24) is 0 Å². The fraction of sp³-hybridized carbons (Fsp3) is 0.533. The van der Waals surface area contributed by atoms with Crippen molar-refractivity contribution >= 4 is 17.3 Å². The average molecular weight is 280 g/mol. The summed E-state index contributed by atoms with van der Waals surface area (Å²) in [6.45, 7) is 4.61. The van der Waals surface area contributed by atoms with Gasteiger partial charge in [0.05, 0.1) is 19.3 Å². The Morgan fingerprint density at radius 2 is 2.10 bits per heavy atom. The van der Waals surface area contributed by atoms with Crippen LogP contribution in [0.2, 0.25) is 0 Å². The Balaban J connectivity index is 3.00. The van der Waals surface area contributed by atoms with E-state index < -0.39 is 5.97 Å². The quantitative estimate of drug-likeness (QED) is 0.593. The van der Waals surface area contributed by atoms with E-state index in [-0.39, 0.29) is 6.04 Å². The molecular weight excluding hydrogens is 256 g/mol. The summed E-state index contributed by atoms with van der Waals surface area (Å²) in [5, 5.41) is 3.38. The summed E-state index contributed by atoms with van der Waals surface area (Å²) in [6.07, 6.45) is 2.05. The molecule has 5 heteroatoms. The van der Waals surface area contributed by atoms with Crippen LogP contribution in [0.1, 0.15) is 35.7 Å². The van der Waals surface area contributed by atoms with Crippen LogP contribution in [0.4, 0.5) is 11.4 Å². The third-order valence-corrected chi connectivity index (χ3v) is 3.17. The lowest BCUT2D eigenvalue weighted by molar-refractivity contribution is 0.0602. The molecule has 0 aliphatic heterocycles. The lowest BCUT2D eigenvalue weighted by Gasteiger charge is -2.20. The van der Waals surface area contributed by atoms with Crippen molar-refractivity contribution in [1.29, 1.82) is 0 Å². The van der Waals surface area contributed by atoms with Gasteiger partial charge < -0.3 is 20.5 Å². The molecule has 5 nitrogen and oxygen atoms in total.